The highest BCUT2D eigenvalue weighted by Crippen LogP contribution is 2.23. The Kier molecular flexibility index (Phi) is 7.13. The minimum Gasteiger partial charge on any atom is -0.492 e. The minimum atomic E-state index is -0.138. The number of amides is 2. The van der Waals surface area contributed by atoms with Crippen LogP contribution in [0.25, 0.3) is 0 Å². The Morgan fingerprint density at radius 3 is 2.77 bits per heavy atom. The lowest BCUT2D eigenvalue weighted by Crippen LogP contribution is -2.42. The maximum Gasteiger partial charge on any atom is 0.255 e. The van der Waals surface area contributed by atoms with Gasteiger partial charge in [-0.25, -0.2) is 0 Å². The van der Waals surface area contributed by atoms with Gasteiger partial charge in [0.2, 0.25) is 5.91 Å². The van der Waals surface area contributed by atoms with Crippen molar-refractivity contribution in [1.29, 1.82) is 0 Å². The van der Waals surface area contributed by atoms with Gasteiger partial charge in [-0.2, -0.15) is 0 Å². The summed E-state index contributed by atoms with van der Waals surface area (Å²) in [5, 5.41) is 6.84. The molecule has 0 spiro atoms. The van der Waals surface area contributed by atoms with E-state index >= 15 is 0 Å². The number of ether oxygens (including phenoxy) is 1. The molecule has 3 rings (SSSR count). The van der Waals surface area contributed by atoms with Gasteiger partial charge in [-0.15, -0.1) is 0 Å². The molecule has 1 saturated heterocycles. The van der Waals surface area contributed by atoms with Gasteiger partial charge in [0.25, 0.3) is 5.91 Å². The van der Waals surface area contributed by atoms with Crippen molar-refractivity contribution in [3.05, 3.63) is 46.8 Å². The minimum absolute atomic E-state index is 0.0566. The summed E-state index contributed by atoms with van der Waals surface area (Å²) in [5.74, 6) is 1.46. The molecule has 1 aliphatic heterocycles. The number of likely N-dealkylation sites (tertiary alicyclic amines) is 1. The van der Waals surface area contributed by atoms with E-state index in [2.05, 4.69) is 10.5 Å². The molecule has 2 heterocycles. The Labute approximate surface area is 177 Å². The van der Waals surface area contributed by atoms with Crippen LogP contribution in [-0.2, 0) is 11.2 Å². The van der Waals surface area contributed by atoms with Crippen LogP contribution in [0.3, 0.4) is 0 Å². The van der Waals surface area contributed by atoms with Crippen molar-refractivity contribution >= 4 is 11.8 Å². The molecule has 0 saturated carbocycles. The van der Waals surface area contributed by atoms with Crippen LogP contribution in [0.4, 0.5) is 0 Å². The van der Waals surface area contributed by atoms with Crippen LogP contribution in [0.1, 0.15) is 54.1 Å². The third-order valence-electron chi connectivity index (χ3n) is 5.41. The lowest BCUT2D eigenvalue weighted by molar-refractivity contribution is -0.132. The predicted molar refractivity (Wildman–Crippen MR) is 114 cm³/mol. The van der Waals surface area contributed by atoms with E-state index in [0.29, 0.717) is 36.6 Å². The summed E-state index contributed by atoms with van der Waals surface area (Å²) in [6.45, 7) is 9.44. The molecular weight excluding hydrogens is 382 g/mol. The average molecular weight is 414 g/mol. The fraction of sp³-hybridized carbons (Fsp3) is 0.522. The number of rotatable bonds is 7. The predicted octanol–water partition coefficient (Wildman–Crippen LogP) is 3.29. The summed E-state index contributed by atoms with van der Waals surface area (Å²) in [5.41, 5.74) is 2.19. The van der Waals surface area contributed by atoms with E-state index in [1.807, 2.05) is 50.8 Å². The smallest absolute Gasteiger partial charge is 0.255 e. The number of aryl methyl sites for hydroxylation is 2. The van der Waals surface area contributed by atoms with E-state index < -0.39 is 0 Å². The van der Waals surface area contributed by atoms with Gasteiger partial charge < -0.3 is 19.5 Å². The molecule has 7 nitrogen and oxygen atoms in total. The van der Waals surface area contributed by atoms with Crippen molar-refractivity contribution in [2.45, 2.75) is 53.0 Å². The largest absolute Gasteiger partial charge is 0.492 e. The summed E-state index contributed by atoms with van der Waals surface area (Å²) < 4.78 is 11.2. The maximum atomic E-state index is 12.8. The third kappa shape index (κ3) is 5.40. The number of benzene rings is 1. The van der Waals surface area contributed by atoms with Crippen LogP contribution in [-0.4, -0.2) is 47.6 Å². The molecule has 0 bridgehead atoms. The first-order valence-corrected chi connectivity index (χ1v) is 10.6. The molecule has 1 aliphatic rings. The highest BCUT2D eigenvalue weighted by molar-refractivity contribution is 5.97. The van der Waals surface area contributed by atoms with Gasteiger partial charge in [0.15, 0.2) is 0 Å². The molecule has 1 fully saturated rings. The van der Waals surface area contributed by atoms with Crippen LogP contribution < -0.4 is 10.1 Å². The van der Waals surface area contributed by atoms with Crippen LogP contribution in [0, 0.1) is 19.8 Å². The lowest BCUT2D eigenvalue weighted by atomic mass is 9.98. The molecule has 2 aromatic rings. The summed E-state index contributed by atoms with van der Waals surface area (Å²) >= 11 is 0. The number of carbonyl (C=O) groups excluding carboxylic acids is 2. The molecule has 1 aromatic carbocycles. The van der Waals surface area contributed by atoms with Gasteiger partial charge in [0, 0.05) is 30.6 Å². The van der Waals surface area contributed by atoms with Crippen molar-refractivity contribution in [2.75, 3.05) is 19.7 Å². The number of carbonyl (C=O) groups is 2. The molecule has 1 aromatic heterocycles. The van der Waals surface area contributed by atoms with Crippen molar-refractivity contribution in [3.8, 4) is 5.75 Å². The molecule has 2 amide bonds. The zero-order valence-corrected chi connectivity index (χ0v) is 18.2. The number of hydrogen-bond donors (Lipinski definition) is 1. The zero-order valence-electron chi connectivity index (χ0n) is 18.2. The molecule has 1 atom stereocenters. The number of piperidine rings is 1. The average Bonchev–Trinajstić information content (AvgIpc) is 3.04. The lowest BCUT2D eigenvalue weighted by Gasteiger charge is -2.33. The molecule has 1 N–H and O–H groups in total. The fourth-order valence-corrected chi connectivity index (χ4v) is 3.77. The van der Waals surface area contributed by atoms with Gasteiger partial charge in [-0.05, 0) is 52.7 Å². The Morgan fingerprint density at radius 2 is 2.07 bits per heavy atom. The van der Waals surface area contributed by atoms with Crippen LogP contribution in [0.2, 0.25) is 0 Å². The Balaban J connectivity index is 1.58. The number of nitrogens with one attached hydrogen (secondary N) is 1. The summed E-state index contributed by atoms with van der Waals surface area (Å²) in [6.07, 6.45) is 2.25. The Morgan fingerprint density at radius 1 is 1.30 bits per heavy atom. The van der Waals surface area contributed by atoms with E-state index in [4.69, 9.17) is 9.26 Å². The quantitative estimate of drug-likeness (QED) is 0.753. The van der Waals surface area contributed by atoms with Gasteiger partial charge in [-0.3, -0.25) is 9.59 Å². The summed E-state index contributed by atoms with van der Waals surface area (Å²) in [7, 11) is 0. The molecule has 1 unspecified atom stereocenters. The number of aromatic nitrogens is 1. The van der Waals surface area contributed by atoms with E-state index in [1.54, 1.807) is 6.07 Å². The third-order valence-corrected chi connectivity index (χ3v) is 5.41. The fourth-order valence-electron chi connectivity index (χ4n) is 3.77. The molecule has 7 heteroatoms. The van der Waals surface area contributed by atoms with Gasteiger partial charge in [0.05, 0.1) is 24.3 Å². The van der Waals surface area contributed by atoms with E-state index in [-0.39, 0.29) is 23.8 Å². The molecule has 0 aliphatic carbocycles. The van der Waals surface area contributed by atoms with Gasteiger partial charge in [-0.1, -0.05) is 17.3 Å². The van der Waals surface area contributed by atoms with Crippen LogP contribution >= 0.6 is 0 Å². The first kappa shape index (κ1) is 21.9. The number of nitrogens with zero attached hydrogens (tertiary/aromatic N) is 2. The van der Waals surface area contributed by atoms with Gasteiger partial charge in [0.1, 0.15) is 11.5 Å². The van der Waals surface area contributed by atoms with E-state index in [9.17, 15) is 9.59 Å². The molecule has 30 heavy (non-hydrogen) atoms. The molecule has 162 valence electrons. The molecule has 0 radical (unpaired) electrons. The van der Waals surface area contributed by atoms with Crippen molar-refractivity contribution < 1.29 is 18.8 Å². The molecular formula is C23H31N3O4. The maximum absolute atomic E-state index is 12.8. The highest BCUT2D eigenvalue weighted by Gasteiger charge is 2.26. The van der Waals surface area contributed by atoms with E-state index in [0.717, 1.165) is 30.6 Å². The van der Waals surface area contributed by atoms with Crippen molar-refractivity contribution in [1.82, 2.24) is 15.4 Å². The monoisotopic (exact) mass is 413 g/mol. The second-order valence-corrected chi connectivity index (χ2v) is 8.26. The summed E-state index contributed by atoms with van der Waals surface area (Å²) in [4.78, 5) is 27.1. The van der Waals surface area contributed by atoms with Gasteiger partial charge >= 0.3 is 0 Å². The normalized spacial score (nSPS) is 16.6. The topological polar surface area (TPSA) is 84.7 Å². The van der Waals surface area contributed by atoms with E-state index in [1.165, 1.54) is 0 Å². The Bertz CT molecular complexity index is 871. The standard InChI is InChI=1S/C23H31N3O4/c1-15(2)24-23(28)19-9-5-6-10-21(19)29-14-18-8-7-11-26(13-18)22(27)12-20-16(3)25-30-17(20)4/h5-6,9-10,15,18H,7-8,11-14H2,1-4H3,(H,24,28). The Hall–Kier alpha value is -2.83. The number of hydrogen-bond acceptors (Lipinski definition) is 5. The zero-order chi connectivity index (χ0) is 21.7. The van der Waals surface area contributed by atoms with Crippen LogP contribution in [0.15, 0.2) is 28.8 Å². The van der Waals surface area contributed by atoms with Crippen molar-refractivity contribution in [2.24, 2.45) is 5.92 Å². The van der Waals surface area contributed by atoms with Crippen LogP contribution in [0.5, 0.6) is 5.75 Å². The first-order valence-electron chi connectivity index (χ1n) is 10.6. The second kappa shape index (κ2) is 9.78. The second-order valence-electron chi connectivity index (χ2n) is 8.26. The summed E-state index contributed by atoms with van der Waals surface area (Å²) in [6, 6.07) is 7.34. The highest BCUT2D eigenvalue weighted by atomic mass is 16.5. The van der Waals surface area contributed by atoms with Crippen molar-refractivity contribution in [3.63, 3.8) is 0 Å². The SMILES string of the molecule is Cc1noc(C)c1CC(=O)N1CCCC(COc2ccccc2C(=O)NC(C)C)C1. The number of para-hydroxylation sites is 1. The first-order chi connectivity index (χ1) is 14.3.